The summed E-state index contributed by atoms with van der Waals surface area (Å²) in [5.74, 6) is -1.40. The van der Waals surface area contributed by atoms with E-state index in [2.05, 4.69) is 20.3 Å². The zero-order chi connectivity index (χ0) is 20.2. The van der Waals surface area contributed by atoms with Crippen molar-refractivity contribution in [2.24, 2.45) is 0 Å². The second-order valence-corrected chi connectivity index (χ2v) is 6.50. The highest BCUT2D eigenvalue weighted by atomic mass is 35.5. The van der Waals surface area contributed by atoms with Gasteiger partial charge in [0.15, 0.2) is 5.65 Å². The first-order chi connectivity index (χ1) is 13.2. The molecule has 5 nitrogen and oxygen atoms in total. The number of aryl methyl sites for hydroxylation is 1. The molecule has 0 aliphatic rings. The second-order valence-electron chi connectivity index (χ2n) is 6.09. The maximum absolute atomic E-state index is 13.8. The summed E-state index contributed by atoms with van der Waals surface area (Å²) < 4.78 is 68.0. The van der Waals surface area contributed by atoms with Crippen molar-refractivity contribution in [2.45, 2.75) is 25.9 Å². The average Bonchev–Trinajstić information content (AvgIpc) is 3.26. The van der Waals surface area contributed by atoms with E-state index >= 15 is 0 Å². The summed E-state index contributed by atoms with van der Waals surface area (Å²) >= 11 is 6.19. The van der Waals surface area contributed by atoms with E-state index in [1.54, 1.807) is 6.92 Å². The van der Waals surface area contributed by atoms with Crippen molar-refractivity contribution < 1.29 is 22.0 Å². The highest BCUT2D eigenvalue weighted by Gasteiger charge is 2.37. The molecule has 0 atom stereocenters. The molecule has 11 heteroatoms. The number of alkyl halides is 5. The van der Waals surface area contributed by atoms with Crippen molar-refractivity contribution >= 4 is 28.2 Å². The fourth-order valence-corrected chi connectivity index (χ4v) is 3.37. The topological polar surface area (TPSA) is 58.9 Å². The summed E-state index contributed by atoms with van der Waals surface area (Å²) in [7, 11) is 0. The van der Waals surface area contributed by atoms with Crippen molar-refractivity contribution in [3.8, 4) is 11.3 Å². The highest BCUT2D eigenvalue weighted by Crippen LogP contribution is 2.37. The molecular formula is C17H11ClF5N5. The lowest BCUT2D eigenvalue weighted by Gasteiger charge is -2.14. The molecule has 0 spiro atoms. The van der Waals surface area contributed by atoms with Crippen molar-refractivity contribution in [1.29, 1.82) is 0 Å². The van der Waals surface area contributed by atoms with Crippen LogP contribution in [0, 0.1) is 0 Å². The summed E-state index contributed by atoms with van der Waals surface area (Å²) in [6.07, 6.45) is -6.11. The maximum Gasteiger partial charge on any atom is 0.453 e. The van der Waals surface area contributed by atoms with Crippen molar-refractivity contribution in [2.75, 3.05) is 0 Å². The van der Waals surface area contributed by atoms with Gasteiger partial charge in [0.1, 0.15) is 0 Å². The van der Waals surface area contributed by atoms with Crippen LogP contribution in [0.2, 0.25) is 5.02 Å². The molecular weight excluding hydrogens is 405 g/mol. The van der Waals surface area contributed by atoms with E-state index in [1.807, 2.05) is 0 Å². The van der Waals surface area contributed by atoms with E-state index in [4.69, 9.17) is 11.6 Å². The lowest BCUT2D eigenvalue weighted by molar-refractivity contribution is -0.144. The van der Waals surface area contributed by atoms with Crippen LogP contribution in [0.25, 0.3) is 27.8 Å². The number of halogens is 6. The predicted molar refractivity (Wildman–Crippen MR) is 92.4 cm³/mol. The van der Waals surface area contributed by atoms with Gasteiger partial charge < -0.3 is 0 Å². The van der Waals surface area contributed by atoms with Gasteiger partial charge in [0.2, 0.25) is 0 Å². The molecule has 0 saturated heterocycles. The quantitative estimate of drug-likeness (QED) is 0.453. The number of hydrogen-bond donors (Lipinski definition) is 1. The standard InChI is InChI=1S/C17H11ClF5N5/c1-2-7-4-10(14(19)20)13(28-15(7)25-16(27-28)17(21,22)23)8-3-9-6-24-26-12(9)11(18)5-8/h3-6,14H,2H2,1H3,(H,24,26). The first-order valence-corrected chi connectivity index (χ1v) is 8.49. The minimum Gasteiger partial charge on any atom is -0.276 e. The molecule has 0 radical (unpaired) electrons. The molecule has 0 aliphatic carbocycles. The largest absolute Gasteiger partial charge is 0.453 e. The third kappa shape index (κ3) is 2.88. The van der Waals surface area contributed by atoms with Crippen LogP contribution in [-0.4, -0.2) is 24.8 Å². The Labute approximate surface area is 159 Å². The van der Waals surface area contributed by atoms with Crippen molar-refractivity contribution in [3.63, 3.8) is 0 Å². The first-order valence-electron chi connectivity index (χ1n) is 8.11. The van der Waals surface area contributed by atoms with Crippen LogP contribution in [0.15, 0.2) is 24.4 Å². The number of nitrogens with one attached hydrogen (secondary N) is 1. The van der Waals surface area contributed by atoms with Gasteiger partial charge in [0.25, 0.3) is 12.2 Å². The Morgan fingerprint density at radius 2 is 1.96 bits per heavy atom. The molecule has 1 aromatic carbocycles. The smallest absolute Gasteiger partial charge is 0.276 e. The Kier molecular flexibility index (Phi) is 4.25. The Morgan fingerprint density at radius 3 is 2.61 bits per heavy atom. The normalized spacial score (nSPS) is 12.6. The van der Waals surface area contributed by atoms with Crippen molar-refractivity contribution in [3.05, 3.63) is 46.4 Å². The van der Waals surface area contributed by atoms with E-state index in [-0.39, 0.29) is 33.9 Å². The van der Waals surface area contributed by atoms with Gasteiger partial charge in [0.05, 0.1) is 22.4 Å². The SMILES string of the molecule is CCc1cc(C(F)F)c(-c2cc(Cl)c3[nH]ncc3c2)n2nc(C(F)(F)F)nc12. The fraction of sp³-hybridized carbons (Fsp3) is 0.235. The van der Waals surface area contributed by atoms with Crippen LogP contribution in [0.1, 0.15) is 30.3 Å². The molecule has 0 bridgehead atoms. The molecule has 0 saturated carbocycles. The third-order valence-electron chi connectivity index (χ3n) is 4.35. The Bertz CT molecular complexity index is 1190. The van der Waals surface area contributed by atoms with Crippen LogP contribution >= 0.6 is 11.6 Å². The molecule has 4 rings (SSSR count). The van der Waals surface area contributed by atoms with Gasteiger partial charge in [-0.2, -0.15) is 18.3 Å². The van der Waals surface area contributed by atoms with Gasteiger partial charge in [-0.15, -0.1) is 5.10 Å². The number of benzene rings is 1. The van der Waals surface area contributed by atoms with Gasteiger partial charge in [0, 0.05) is 16.5 Å². The molecule has 28 heavy (non-hydrogen) atoms. The Balaban J connectivity index is 2.12. The van der Waals surface area contributed by atoms with E-state index in [1.165, 1.54) is 18.3 Å². The minimum absolute atomic E-state index is 0.127. The maximum atomic E-state index is 13.8. The highest BCUT2D eigenvalue weighted by molar-refractivity contribution is 6.35. The molecule has 3 heterocycles. The number of aromatic amines is 1. The summed E-state index contributed by atoms with van der Waals surface area (Å²) in [6, 6.07) is 4.05. The zero-order valence-corrected chi connectivity index (χ0v) is 14.9. The molecule has 4 aromatic rings. The number of nitrogens with zero attached hydrogens (tertiary/aromatic N) is 4. The number of fused-ring (bicyclic) bond motifs is 2. The van der Waals surface area contributed by atoms with Gasteiger partial charge in [-0.25, -0.2) is 18.3 Å². The van der Waals surface area contributed by atoms with Gasteiger partial charge in [-0.1, -0.05) is 18.5 Å². The molecule has 0 amide bonds. The molecule has 146 valence electrons. The number of pyridine rings is 1. The third-order valence-corrected chi connectivity index (χ3v) is 4.65. The average molecular weight is 416 g/mol. The van der Waals surface area contributed by atoms with Gasteiger partial charge in [-0.05, 0) is 30.2 Å². The minimum atomic E-state index is -4.81. The Hall–Kier alpha value is -2.75. The van der Waals surface area contributed by atoms with E-state index < -0.39 is 24.0 Å². The van der Waals surface area contributed by atoms with Gasteiger partial charge >= 0.3 is 6.18 Å². The summed E-state index contributed by atoms with van der Waals surface area (Å²) in [4.78, 5) is 3.55. The van der Waals surface area contributed by atoms with Crippen LogP contribution < -0.4 is 0 Å². The van der Waals surface area contributed by atoms with E-state index in [0.717, 1.165) is 10.6 Å². The van der Waals surface area contributed by atoms with Crippen LogP contribution in [0.5, 0.6) is 0 Å². The van der Waals surface area contributed by atoms with E-state index in [0.29, 0.717) is 10.9 Å². The van der Waals surface area contributed by atoms with Crippen LogP contribution in [-0.2, 0) is 12.6 Å². The number of H-pyrrole nitrogens is 1. The summed E-state index contributed by atoms with van der Waals surface area (Å²) in [6.45, 7) is 1.64. The van der Waals surface area contributed by atoms with Gasteiger partial charge in [-0.3, -0.25) is 5.10 Å². The lowest BCUT2D eigenvalue weighted by Crippen LogP contribution is -2.08. The number of aromatic nitrogens is 5. The second kappa shape index (κ2) is 6.40. The lowest BCUT2D eigenvalue weighted by atomic mass is 10.0. The van der Waals surface area contributed by atoms with Crippen LogP contribution in [0.4, 0.5) is 22.0 Å². The van der Waals surface area contributed by atoms with Crippen LogP contribution in [0.3, 0.4) is 0 Å². The monoisotopic (exact) mass is 415 g/mol. The summed E-state index contributed by atoms with van der Waals surface area (Å²) in [5.41, 5.74) is 0.118. The predicted octanol–water partition coefficient (Wildman–Crippen LogP) is 5.44. The van der Waals surface area contributed by atoms with E-state index in [9.17, 15) is 22.0 Å². The molecule has 0 fully saturated rings. The number of hydrogen-bond acceptors (Lipinski definition) is 3. The molecule has 0 unspecified atom stereocenters. The summed E-state index contributed by atoms with van der Waals surface area (Å²) in [5, 5.41) is 10.7. The first kappa shape index (κ1) is 18.6. The fourth-order valence-electron chi connectivity index (χ4n) is 3.11. The molecule has 3 aromatic heterocycles. The van der Waals surface area contributed by atoms with Crippen molar-refractivity contribution in [1.82, 2.24) is 24.8 Å². The molecule has 1 N–H and O–H groups in total. The molecule has 0 aliphatic heterocycles. The number of rotatable bonds is 3. The Morgan fingerprint density at radius 1 is 1.21 bits per heavy atom. The zero-order valence-electron chi connectivity index (χ0n) is 14.2.